The number of benzene rings is 2. The van der Waals surface area contributed by atoms with E-state index in [1.165, 1.54) is 0 Å². The van der Waals surface area contributed by atoms with Gasteiger partial charge in [-0.05, 0) is 48.5 Å². The first-order valence-corrected chi connectivity index (χ1v) is 9.21. The van der Waals surface area contributed by atoms with Crippen molar-refractivity contribution in [2.24, 2.45) is 0 Å². The van der Waals surface area contributed by atoms with Crippen molar-refractivity contribution in [2.45, 2.75) is 12.2 Å². The molecule has 146 valence electrons. The van der Waals surface area contributed by atoms with E-state index in [9.17, 15) is 0 Å². The second-order valence-corrected chi connectivity index (χ2v) is 6.48. The Morgan fingerprint density at radius 3 is 1.43 bits per heavy atom. The van der Waals surface area contributed by atoms with Gasteiger partial charge >= 0.3 is 0 Å². The van der Waals surface area contributed by atoms with E-state index in [0.717, 1.165) is 35.8 Å². The SMILES string of the molecule is C(#Cc1ccc(OCOCC2CO2)cc1)c1ccc(OCOCC2CO2)cc1. The summed E-state index contributed by atoms with van der Waals surface area (Å²) in [4.78, 5) is 0. The summed E-state index contributed by atoms with van der Waals surface area (Å²) in [6.07, 6.45) is 0.496. The summed E-state index contributed by atoms with van der Waals surface area (Å²) in [5.41, 5.74) is 1.83. The fraction of sp³-hybridized carbons (Fsp3) is 0.364. The third kappa shape index (κ3) is 6.55. The molecule has 28 heavy (non-hydrogen) atoms. The molecule has 0 aromatic heterocycles. The lowest BCUT2D eigenvalue weighted by Gasteiger charge is -2.06. The van der Waals surface area contributed by atoms with Crippen LogP contribution in [0.15, 0.2) is 48.5 Å². The highest BCUT2D eigenvalue weighted by molar-refractivity contribution is 5.45. The molecule has 0 N–H and O–H groups in total. The van der Waals surface area contributed by atoms with E-state index < -0.39 is 0 Å². The van der Waals surface area contributed by atoms with E-state index in [1.807, 2.05) is 48.5 Å². The van der Waals surface area contributed by atoms with Gasteiger partial charge in [-0.25, -0.2) is 0 Å². The summed E-state index contributed by atoms with van der Waals surface area (Å²) in [6.45, 7) is 3.17. The molecule has 2 fully saturated rings. The van der Waals surface area contributed by atoms with Crippen molar-refractivity contribution < 1.29 is 28.4 Å². The summed E-state index contributed by atoms with van der Waals surface area (Å²) < 4.78 is 31.9. The van der Waals surface area contributed by atoms with Crippen molar-refractivity contribution in [2.75, 3.05) is 40.0 Å². The summed E-state index contributed by atoms with van der Waals surface area (Å²) in [5, 5.41) is 0. The fourth-order valence-electron chi connectivity index (χ4n) is 2.32. The van der Waals surface area contributed by atoms with Crippen LogP contribution in [-0.2, 0) is 18.9 Å². The zero-order valence-corrected chi connectivity index (χ0v) is 15.5. The fourth-order valence-corrected chi connectivity index (χ4v) is 2.32. The molecule has 6 heteroatoms. The molecule has 4 rings (SSSR count). The average Bonchev–Trinajstić information content (AvgIpc) is 3.64. The van der Waals surface area contributed by atoms with Gasteiger partial charge < -0.3 is 28.4 Å². The van der Waals surface area contributed by atoms with Crippen molar-refractivity contribution in [3.05, 3.63) is 59.7 Å². The molecule has 2 aliphatic heterocycles. The van der Waals surface area contributed by atoms with E-state index in [4.69, 9.17) is 28.4 Å². The predicted octanol–water partition coefficient (Wildman–Crippen LogP) is 2.59. The maximum absolute atomic E-state index is 5.51. The van der Waals surface area contributed by atoms with Crippen LogP contribution in [0.2, 0.25) is 0 Å². The Morgan fingerprint density at radius 1 is 0.679 bits per heavy atom. The smallest absolute Gasteiger partial charge is 0.189 e. The highest BCUT2D eigenvalue weighted by atomic mass is 16.7. The van der Waals surface area contributed by atoms with Gasteiger partial charge in [-0.3, -0.25) is 0 Å². The number of ether oxygens (including phenoxy) is 6. The maximum Gasteiger partial charge on any atom is 0.189 e. The Hall–Kier alpha value is -2.56. The third-order valence-corrected chi connectivity index (χ3v) is 4.09. The largest absolute Gasteiger partial charge is 0.468 e. The van der Waals surface area contributed by atoms with Crippen molar-refractivity contribution in [1.82, 2.24) is 0 Å². The van der Waals surface area contributed by atoms with Crippen molar-refractivity contribution >= 4 is 0 Å². The lowest BCUT2D eigenvalue weighted by atomic mass is 10.2. The number of hydrogen-bond acceptors (Lipinski definition) is 6. The van der Waals surface area contributed by atoms with Crippen LogP contribution in [0.4, 0.5) is 0 Å². The third-order valence-electron chi connectivity index (χ3n) is 4.09. The molecule has 2 saturated heterocycles. The topological polar surface area (TPSA) is 62.0 Å². The summed E-state index contributed by atoms with van der Waals surface area (Å²) in [6, 6.07) is 15.2. The van der Waals surface area contributed by atoms with Crippen LogP contribution in [0.5, 0.6) is 11.5 Å². The van der Waals surface area contributed by atoms with Crippen molar-refractivity contribution in [1.29, 1.82) is 0 Å². The van der Waals surface area contributed by atoms with Crippen LogP contribution in [-0.4, -0.2) is 52.2 Å². The van der Waals surface area contributed by atoms with Gasteiger partial charge in [-0.15, -0.1) is 0 Å². The van der Waals surface area contributed by atoms with Crippen LogP contribution in [0, 0.1) is 11.8 Å². The minimum atomic E-state index is 0.221. The standard InChI is InChI=1S/C22H22O6/c1(17-3-7-19(8-4-17)27-15-23-11-21-13-25-21)2-18-5-9-20(10-6-18)28-16-24-12-22-14-26-22/h3-10,21-22H,11-16H2. The number of rotatable bonds is 10. The highest BCUT2D eigenvalue weighted by Crippen LogP contribution is 2.15. The molecule has 2 unspecified atom stereocenters. The molecule has 0 spiro atoms. The van der Waals surface area contributed by atoms with Gasteiger partial charge in [0.05, 0.1) is 26.4 Å². The minimum Gasteiger partial charge on any atom is -0.468 e. The van der Waals surface area contributed by atoms with Crippen LogP contribution in [0.25, 0.3) is 0 Å². The monoisotopic (exact) mass is 382 g/mol. The zero-order chi connectivity index (χ0) is 19.0. The Morgan fingerprint density at radius 2 is 1.07 bits per heavy atom. The van der Waals surface area contributed by atoms with E-state index in [-0.39, 0.29) is 25.8 Å². The van der Waals surface area contributed by atoms with E-state index in [2.05, 4.69) is 11.8 Å². The molecule has 2 aromatic carbocycles. The second kappa shape index (κ2) is 9.58. The summed E-state index contributed by atoms with van der Waals surface area (Å²) in [7, 11) is 0. The first-order valence-electron chi connectivity index (χ1n) is 9.21. The molecular weight excluding hydrogens is 360 g/mol. The van der Waals surface area contributed by atoms with Crippen LogP contribution < -0.4 is 9.47 Å². The van der Waals surface area contributed by atoms with E-state index in [0.29, 0.717) is 13.2 Å². The van der Waals surface area contributed by atoms with Crippen molar-refractivity contribution in [3.8, 4) is 23.3 Å². The minimum absolute atomic E-state index is 0.221. The molecule has 2 aliphatic rings. The van der Waals surface area contributed by atoms with Gasteiger partial charge in [0, 0.05) is 11.1 Å². The molecule has 2 aromatic rings. The lowest BCUT2D eigenvalue weighted by molar-refractivity contribution is 0.00809. The van der Waals surface area contributed by atoms with Gasteiger partial charge in [-0.1, -0.05) is 11.8 Å². The van der Waals surface area contributed by atoms with E-state index >= 15 is 0 Å². The lowest BCUT2D eigenvalue weighted by Crippen LogP contribution is -2.07. The second-order valence-electron chi connectivity index (χ2n) is 6.48. The Kier molecular flexibility index (Phi) is 6.43. The number of hydrogen-bond donors (Lipinski definition) is 0. The van der Waals surface area contributed by atoms with Crippen LogP contribution in [0.1, 0.15) is 11.1 Å². The molecule has 0 aliphatic carbocycles. The van der Waals surface area contributed by atoms with Crippen LogP contribution in [0.3, 0.4) is 0 Å². The number of epoxide rings is 2. The molecule has 2 heterocycles. The summed E-state index contributed by atoms with van der Waals surface area (Å²) >= 11 is 0. The molecule has 0 saturated carbocycles. The van der Waals surface area contributed by atoms with Gasteiger partial charge in [-0.2, -0.15) is 0 Å². The van der Waals surface area contributed by atoms with Gasteiger partial charge in [0.15, 0.2) is 13.6 Å². The summed E-state index contributed by atoms with van der Waals surface area (Å²) in [5.74, 6) is 7.77. The van der Waals surface area contributed by atoms with E-state index in [1.54, 1.807) is 0 Å². The maximum atomic E-state index is 5.51. The normalized spacial score (nSPS) is 19.4. The molecule has 0 amide bonds. The Labute approximate surface area is 164 Å². The Bertz CT molecular complexity index is 730. The molecular formula is C22H22O6. The van der Waals surface area contributed by atoms with Crippen molar-refractivity contribution in [3.63, 3.8) is 0 Å². The predicted molar refractivity (Wildman–Crippen MR) is 101 cm³/mol. The zero-order valence-electron chi connectivity index (χ0n) is 15.5. The molecule has 0 bridgehead atoms. The van der Waals surface area contributed by atoms with Gasteiger partial charge in [0.25, 0.3) is 0 Å². The van der Waals surface area contributed by atoms with Crippen LogP contribution >= 0.6 is 0 Å². The quantitative estimate of drug-likeness (QED) is 0.272. The first kappa shape index (κ1) is 18.8. The highest BCUT2D eigenvalue weighted by Gasteiger charge is 2.22. The average molecular weight is 382 g/mol. The van der Waals surface area contributed by atoms with Gasteiger partial charge in [0.2, 0.25) is 0 Å². The Balaban J connectivity index is 1.20. The molecule has 2 atom stereocenters. The first-order chi connectivity index (χ1) is 13.8. The molecule has 0 radical (unpaired) electrons. The molecule has 6 nitrogen and oxygen atoms in total. The van der Waals surface area contributed by atoms with Gasteiger partial charge in [0.1, 0.15) is 23.7 Å².